The Morgan fingerprint density at radius 1 is 1.14 bits per heavy atom. The maximum Gasteiger partial charge on any atom is 0.339 e. The summed E-state index contributed by atoms with van der Waals surface area (Å²) in [6, 6.07) is 11.6. The van der Waals surface area contributed by atoms with Gasteiger partial charge in [0.05, 0.1) is 10.7 Å². The van der Waals surface area contributed by atoms with E-state index >= 15 is 0 Å². The highest BCUT2D eigenvalue weighted by atomic mass is 35.5. The van der Waals surface area contributed by atoms with Crippen LogP contribution in [0.15, 0.2) is 47.4 Å². The molecule has 1 amide bonds. The molecule has 0 unspecified atom stereocenters. The van der Waals surface area contributed by atoms with Crippen molar-refractivity contribution < 1.29 is 14.7 Å². The van der Waals surface area contributed by atoms with Crippen molar-refractivity contribution >= 4 is 40.9 Å². The fourth-order valence-corrected chi connectivity index (χ4v) is 2.45. The standard InChI is InChI=1S/C15H12ClNO3S/c1-21-10-7-5-9(6-8-10)14(18)17-12-4-2-3-11(16)13(12)15(19)20/h2-8H,1H3,(H,17,18)(H,19,20). The monoisotopic (exact) mass is 321 g/mol. The predicted octanol–water partition coefficient (Wildman–Crippen LogP) is 4.01. The van der Waals surface area contributed by atoms with Gasteiger partial charge in [0.2, 0.25) is 0 Å². The SMILES string of the molecule is CSc1ccc(C(=O)Nc2cccc(Cl)c2C(=O)O)cc1. The van der Waals surface area contributed by atoms with Crippen LogP contribution in [0, 0.1) is 0 Å². The van der Waals surface area contributed by atoms with Crippen LogP contribution >= 0.6 is 23.4 Å². The number of halogens is 1. The second kappa shape index (κ2) is 6.65. The zero-order valence-electron chi connectivity index (χ0n) is 11.1. The largest absolute Gasteiger partial charge is 0.478 e. The molecule has 21 heavy (non-hydrogen) atoms. The molecule has 0 fully saturated rings. The Bertz CT molecular complexity index is 686. The maximum atomic E-state index is 12.1. The molecule has 0 atom stereocenters. The van der Waals surface area contributed by atoms with E-state index in [-0.39, 0.29) is 22.2 Å². The maximum absolute atomic E-state index is 12.1. The fraction of sp³-hybridized carbons (Fsp3) is 0.0667. The highest BCUT2D eigenvalue weighted by Gasteiger charge is 2.16. The van der Waals surface area contributed by atoms with Gasteiger partial charge < -0.3 is 10.4 Å². The molecule has 0 aliphatic carbocycles. The number of rotatable bonds is 4. The van der Waals surface area contributed by atoms with Gasteiger partial charge in [-0.3, -0.25) is 4.79 Å². The van der Waals surface area contributed by atoms with Crippen molar-refractivity contribution in [2.75, 3.05) is 11.6 Å². The van der Waals surface area contributed by atoms with Gasteiger partial charge in [-0.05, 0) is 42.7 Å². The molecule has 2 aromatic rings. The summed E-state index contributed by atoms with van der Waals surface area (Å²) < 4.78 is 0. The summed E-state index contributed by atoms with van der Waals surface area (Å²) in [4.78, 5) is 24.4. The lowest BCUT2D eigenvalue weighted by molar-refractivity contribution is 0.0698. The Morgan fingerprint density at radius 3 is 2.38 bits per heavy atom. The summed E-state index contributed by atoms with van der Waals surface area (Å²) in [5, 5.41) is 11.8. The molecule has 2 N–H and O–H groups in total. The molecule has 6 heteroatoms. The summed E-state index contributed by atoms with van der Waals surface area (Å²) in [6.07, 6.45) is 1.94. The van der Waals surface area contributed by atoms with Crippen molar-refractivity contribution in [3.8, 4) is 0 Å². The molecule has 0 radical (unpaired) electrons. The molecule has 0 aromatic heterocycles. The van der Waals surface area contributed by atoms with E-state index in [9.17, 15) is 9.59 Å². The topological polar surface area (TPSA) is 66.4 Å². The Kier molecular flexibility index (Phi) is 4.88. The lowest BCUT2D eigenvalue weighted by Crippen LogP contribution is -2.15. The first-order valence-corrected chi connectivity index (χ1v) is 7.60. The van der Waals surface area contributed by atoms with Gasteiger partial charge in [0.1, 0.15) is 5.56 Å². The molecule has 2 rings (SSSR count). The zero-order chi connectivity index (χ0) is 15.4. The molecule has 0 saturated carbocycles. The van der Waals surface area contributed by atoms with Gasteiger partial charge in [-0.2, -0.15) is 0 Å². The smallest absolute Gasteiger partial charge is 0.339 e. The number of carbonyl (C=O) groups excluding carboxylic acids is 1. The highest BCUT2D eigenvalue weighted by molar-refractivity contribution is 7.98. The Hall–Kier alpha value is -1.98. The number of carboxylic acid groups (broad SMARTS) is 1. The van der Waals surface area contributed by atoms with Crippen LogP contribution in [0.25, 0.3) is 0 Å². The Labute approximate surface area is 131 Å². The number of amides is 1. The third-order valence-corrected chi connectivity index (χ3v) is 3.89. The van der Waals surface area contributed by atoms with Crippen LogP contribution in [-0.4, -0.2) is 23.2 Å². The van der Waals surface area contributed by atoms with Gasteiger partial charge in [-0.1, -0.05) is 17.7 Å². The average molecular weight is 322 g/mol. The molecule has 0 saturated heterocycles. The van der Waals surface area contributed by atoms with Crippen LogP contribution in [0.1, 0.15) is 20.7 Å². The molecule has 0 aliphatic rings. The molecule has 108 valence electrons. The normalized spacial score (nSPS) is 10.2. The third-order valence-electron chi connectivity index (χ3n) is 2.83. The highest BCUT2D eigenvalue weighted by Crippen LogP contribution is 2.25. The van der Waals surface area contributed by atoms with Crippen LogP contribution in [0.2, 0.25) is 5.02 Å². The summed E-state index contributed by atoms with van der Waals surface area (Å²) >= 11 is 7.43. The second-order valence-corrected chi connectivity index (χ2v) is 5.44. The lowest BCUT2D eigenvalue weighted by Gasteiger charge is -2.10. The molecule has 0 bridgehead atoms. The first-order valence-electron chi connectivity index (χ1n) is 6.00. The van der Waals surface area contributed by atoms with Crippen LogP contribution in [0.3, 0.4) is 0 Å². The van der Waals surface area contributed by atoms with Crippen molar-refractivity contribution in [3.05, 3.63) is 58.6 Å². The van der Waals surface area contributed by atoms with Crippen molar-refractivity contribution in [3.63, 3.8) is 0 Å². The van der Waals surface area contributed by atoms with E-state index < -0.39 is 5.97 Å². The first kappa shape index (κ1) is 15.4. The van der Waals surface area contributed by atoms with E-state index in [4.69, 9.17) is 16.7 Å². The van der Waals surface area contributed by atoms with Gasteiger partial charge in [-0.25, -0.2) is 4.79 Å². The number of thioether (sulfide) groups is 1. The molecule has 0 heterocycles. The van der Waals surface area contributed by atoms with E-state index in [0.717, 1.165) is 4.90 Å². The van der Waals surface area contributed by atoms with Crippen molar-refractivity contribution in [2.45, 2.75) is 4.90 Å². The first-order chi connectivity index (χ1) is 10.0. The number of carbonyl (C=O) groups is 2. The summed E-state index contributed by atoms with van der Waals surface area (Å²) in [7, 11) is 0. The Morgan fingerprint density at radius 2 is 1.81 bits per heavy atom. The number of hydrogen-bond acceptors (Lipinski definition) is 3. The zero-order valence-corrected chi connectivity index (χ0v) is 12.7. The van der Waals surface area contributed by atoms with E-state index in [1.54, 1.807) is 30.0 Å². The minimum atomic E-state index is -1.19. The van der Waals surface area contributed by atoms with Crippen LogP contribution in [-0.2, 0) is 0 Å². The fourth-order valence-electron chi connectivity index (χ4n) is 1.78. The average Bonchev–Trinajstić information content (AvgIpc) is 2.47. The number of nitrogens with one attached hydrogen (secondary N) is 1. The van der Waals surface area contributed by atoms with Gasteiger partial charge in [0.15, 0.2) is 0 Å². The number of anilines is 1. The molecular formula is C15H12ClNO3S. The molecule has 2 aromatic carbocycles. The summed E-state index contributed by atoms with van der Waals surface area (Å²) in [5.41, 5.74) is 0.506. The number of carboxylic acids is 1. The van der Waals surface area contributed by atoms with Crippen molar-refractivity contribution in [2.24, 2.45) is 0 Å². The summed E-state index contributed by atoms with van der Waals surface area (Å²) in [5.74, 6) is -1.57. The number of hydrogen-bond donors (Lipinski definition) is 2. The van der Waals surface area contributed by atoms with Crippen LogP contribution in [0.4, 0.5) is 5.69 Å². The molecular weight excluding hydrogens is 310 g/mol. The van der Waals surface area contributed by atoms with E-state index in [0.29, 0.717) is 5.56 Å². The number of benzene rings is 2. The van der Waals surface area contributed by atoms with Crippen LogP contribution < -0.4 is 5.32 Å². The van der Waals surface area contributed by atoms with Crippen LogP contribution in [0.5, 0.6) is 0 Å². The number of aromatic carboxylic acids is 1. The third kappa shape index (κ3) is 3.56. The van der Waals surface area contributed by atoms with Gasteiger partial charge in [0, 0.05) is 10.5 Å². The minimum Gasteiger partial charge on any atom is -0.478 e. The van der Waals surface area contributed by atoms with E-state index in [2.05, 4.69) is 5.32 Å². The molecule has 4 nitrogen and oxygen atoms in total. The van der Waals surface area contributed by atoms with E-state index in [1.165, 1.54) is 12.1 Å². The van der Waals surface area contributed by atoms with Crippen molar-refractivity contribution in [1.29, 1.82) is 0 Å². The lowest BCUT2D eigenvalue weighted by atomic mass is 10.1. The predicted molar refractivity (Wildman–Crippen MR) is 84.6 cm³/mol. The quantitative estimate of drug-likeness (QED) is 0.835. The van der Waals surface area contributed by atoms with Gasteiger partial charge in [-0.15, -0.1) is 11.8 Å². The Balaban J connectivity index is 2.27. The van der Waals surface area contributed by atoms with Gasteiger partial charge in [0.25, 0.3) is 5.91 Å². The van der Waals surface area contributed by atoms with Crippen molar-refractivity contribution in [1.82, 2.24) is 0 Å². The molecule has 0 aliphatic heterocycles. The van der Waals surface area contributed by atoms with Gasteiger partial charge >= 0.3 is 5.97 Å². The second-order valence-electron chi connectivity index (χ2n) is 4.15. The summed E-state index contributed by atoms with van der Waals surface area (Å²) in [6.45, 7) is 0. The molecule has 0 spiro atoms. The van der Waals surface area contributed by atoms with E-state index in [1.807, 2.05) is 18.4 Å². The minimum absolute atomic E-state index is 0.0815.